The number of ether oxygens (including phenoxy) is 1. The number of hydrogen-bond acceptors (Lipinski definition) is 3. The number of allylic oxidation sites excluding steroid dienone is 2. The largest absolute Gasteiger partial charge is 0.439 e. The van der Waals surface area contributed by atoms with Crippen LogP contribution in [-0.4, -0.2) is 10.9 Å². The smallest absolute Gasteiger partial charge is 0.222 e. The van der Waals surface area contributed by atoms with Crippen LogP contribution < -0.4 is 10.5 Å². The number of nitrogens with zero attached hydrogens (tertiary/aromatic N) is 1. The van der Waals surface area contributed by atoms with E-state index in [1.54, 1.807) is 12.3 Å². The molecule has 4 rings (SSSR count). The number of pyridine rings is 1. The summed E-state index contributed by atoms with van der Waals surface area (Å²) in [7, 11) is 0. The number of rotatable bonds is 5. The lowest BCUT2D eigenvalue weighted by atomic mass is 10.0. The van der Waals surface area contributed by atoms with Crippen LogP contribution >= 0.6 is 0 Å². The zero-order valence-corrected chi connectivity index (χ0v) is 17.1. The van der Waals surface area contributed by atoms with E-state index in [1.807, 2.05) is 26.0 Å². The van der Waals surface area contributed by atoms with Gasteiger partial charge in [0.15, 0.2) is 0 Å². The van der Waals surface area contributed by atoms with E-state index < -0.39 is 5.91 Å². The quantitative estimate of drug-likeness (QED) is 0.581. The van der Waals surface area contributed by atoms with Crippen LogP contribution in [0.15, 0.2) is 60.3 Å². The van der Waals surface area contributed by atoms with Gasteiger partial charge in [-0.15, -0.1) is 0 Å². The van der Waals surface area contributed by atoms with Gasteiger partial charge in [-0.05, 0) is 95.8 Å². The van der Waals surface area contributed by atoms with Crippen molar-refractivity contribution in [1.29, 1.82) is 0 Å². The van der Waals surface area contributed by atoms with Crippen molar-refractivity contribution in [2.75, 3.05) is 0 Å². The fraction of sp³-hybridized carbons (Fsp3) is 0.120. The Hall–Kier alpha value is -3.80. The molecule has 0 saturated heterocycles. The van der Waals surface area contributed by atoms with Crippen molar-refractivity contribution in [2.45, 2.75) is 20.3 Å². The molecule has 0 saturated carbocycles. The molecule has 156 valence electrons. The molecule has 3 aromatic rings. The molecule has 1 aliphatic carbocycles. The number of aryl methyl sites for hydroxylation is 1. The number of nitrogens with two attached hydrogens (primary N) is 1. The Balaban J connectivity index is 1.69. The van der Waals surface area contributed by atoms with Gasteiger partial charge in [-0.1, -0.05) is 6.07 Å². The van der Waals surface area contributed by atoms with Gasteiger partial charge < -0.3 is 10.5 Å². The van der Waals surface area contributed by atoms with Crippen molar-refractivity contribution in [3.05, 3.63) is 94.2 Å². The third-order valence-corrected chi connectivity index (χ3v) is 5.20. The second kappa shape index (κ2) is 8.14. The normalized spacial score (nSPS) is 14.1. The Morgan fingerprint density at radius 3 is 2.42 bits per heavy atom. The molecular weight excluding hydrogens is 398 g/mol. The van der Waals surface area contributed by atoms with Gasteiger partial charge in [-0.2, -0.15) is 0 Å². The van der Waals surface area contributed by atoms with Crippen LogP contribution in [0.1, 0.15) is 35.6 Å². The highest BCUT2D eigenvalue weighted by atomic mass is 19.1. The van der Waals surface area contributed by atoms with E-state index >= 15 is 0 Å². The first-order valence-electron chi connectivity index (χ1n) is 9.72. The maximum atomic E-state index is 13.8. The molecular formula is C25H20F2N2O2. The molecule has 2 N–H and O–H groups in total. The predicted molar refractivity (Wildman–Crippen MR) is 116 cm³/mol. The third kappa shape index (κ3) is 4.23. The van der Waals surface area contributed by atoms with E-state index in [0.29, 0.717) is 17.2 Å². The molecule has 31 heavy (non-hydrogen) atoms. The summed E-state index contributed by atoms with van der Waals surface area (Å²) in [5, 5.41) is 0. The SMILES string of the molecule is CC1=C(CC(N)=O)c2cc(F)ccc2/C1=C\c1cnc(Oc2ccc(F)cc2)c(C)c1. The Bertz CT molecular complexity index is 1240. The van der Waals surface area contributed by atoms with E-state index in [4.69, 9.17) is 10.5 Å². The summed E-state index contributed by atoms with van der Waals surface area (Å²) in [6, 6.07) is 12.2. The highest BCUT2D eigenvalue weighted by Crippen LogP contribution is 2.43. The van der Waals surface area contributed by atoms with Gasteiger partial charge in [0.05, 0.1) is 6.42 Å². The zero-order chi connectivity index (χ0) is 22.1. The van der Waals surface area contributed by atoms with Gasteiger partial charge in [0.2, 0.25) is 11.8 Å². The molecule has 1 amide bonds. The lowest BCUT2D eigenvalue weighted by molar-refractivity contribution is -0.117. The first-order chi connectivity index (χ1) is 14.8. The summed E-state index contributed by atoms with van der Waals surface area (Å²) >= 11 is 0. The summed E-state index contributed by atoms with van der Waals surface area (Å²) in [6.45, 7) is 3.77. The van der Waals surface area contributed by atoms with Crippen molar-refractivity contribution in [3.63, 3.8) is 0 Å². The number of amides is 1. The average molecular weight is 418 g/mol. The van der Waals surface area contributed by atoms with Gasteiger partial charge >= 0.3 is 0 Å². The maximum absolute atomic E-state index is 13.8. The van der Waals surface area contributed by atoms with Crippen molar-refractivity contribution >= 4 is 23.1 Å². The summed E-state index contributed by atoms with van der Waals surface area (Å²) in [4.78, 5) is 15.9. The number of halogens is 2. The number of hydrogen-bond donors (Lipinski definition) is 1. The number of aromatic nitrogens is 1. The second-order valence-corrected chi connectivity index (χ2v) is 7.44. The van der Waals surface area contributed by atoms with Crippen molar-refractivity contribution < 1.29 is 18.3 Å². The van der Waals surface area contributed by atoms with Crippen molar-refractivity contribution in [2.24, 2.45) is 5.73 Å². The fourth-order valence-corrected chi connectivity index (χ4v) is 3.71. The van der Waals surface area contributed by atoms with Gasteiger partial charge in [0.1, 0.15) is 17.4 Å². The van der Waals surface area contributed by atoms with E-state index in [0.717, 1.165) is 33.4 Å². The van der Waals surface area contributed by atoms with Gasteiger partial charge in [-0.25, -0.2) is 13.8 Å². The molecule has 0 spiro atoms. The molecule has 0 aliphatic heterocycles. The third-order valence-electron chi connectivity index (χ3n) is 5.20. The predicted octanol–water partition coefficient (Wildman–Crippen LogP) is 5.66. The minimum atomic E-state index is -0.467. The molecule has 1 aromatic heterocycles. The first-order valence-corrected chi connectivity index (χ1v) is 9.72. The van der Waals surface area contributed by atoms with Crippen LogP contribution in [0.3, 0.4) is 0 Å². The Kier molecular flexibility index (Phi) is 5.38. The average Bonchev–Trinajstić information content (AvgIpc) is 2.96. The summed E-state index contributed by atoms with van der Waals surface area (Å²) in [6.07, 6.45) is 3.66. The van der Waals surface area contributed by atoms with Crippen LogP contribution in [0.5, 0.6) is 11.6 Å². The van der Waals surface area contributed by atoms with Gasteiger partial charge in [0, 0.05) is 11.8 Å². The molecule has 0 atom stereocenters. The van der Waals surface area contributed by atoms with E-state index in [9.17, 15) is 13.6 Å². The number of carbonyl (C=O) groups excluding carboxylic acids is 1. The molecule has 1 aliphatic rings. The lowest BCUT2D eigenvalue weighted by Gasteiger charge is -2.09. The monoisotopic (exact) mass is 418 g/mol. The van der Waals surface area contributed by atoms with E-state index in [1.165, 1.54) is 36.4 Å². The molecule has 0 fully saturated rings. The Labute approximate surface area is 178 Å². The number of fused-ring (bicyclic) bond motifs is 1. The Morgan fingerprint density at radius 2 is 1.74 bits per heavy atom. The number of carbonyl (C=O) groups is 1. The van der Waals surface area contributed by atoms with Crippen LogP contribution in [0.2, 0.25) is 0 Å². The Morgan fingerprint density at radius 1 is 1.03 bits per heavy atom. The van der Waals surface area contributed by atoms with Gasteiger partial charge in [0.25, 0.3) is 0 Å². The minimum Gasteiger partial charge on any atom is -0.439 e. The summed E-state index contributed by atoms with van der Waals surface area (Å²) in [5.74, 6) is -0.260. The summed E-state index contributed by atoms with van der Waals surface area (Å²) < 4.78 is 32.7. The number of primary amides is 1. The van der Waals surface area contributed by atoms with Gasteiger partial charge in [-0.3, -0.25) is 4.79 Å². The van der Waals surface area contributed by atoms with Crippen molar-refractivity contribution in [3.8, 4) is 11.6 Å². The molecule has 0 unspecified atom stereocenters. The highest BCUT2D eigenvalue weighted by Gasteiger charge is 2.25. The van der Waals surface area contributed by atoms with E-state index in [-0.39, 0.29) is 18.1 Å². The van der Waals surface area contributed by atoms with Crippen LogP contribution in [0.4, 0.5) is 8.78 Å². The molecule has 0 radical (unpaired) electrons. The van der Waals surface area contributed by atoms with Crippen LogP contribution in [-0.2, 0) is 4.79 Å². The molecule has 4 nitrogen and oxygen atoms in total. The van der Waals surface area contributed by atoms with Crippen molar-refractivity contribution in [1.82, 2.24) is 4.98 Å². The molecule has 6 heteroatoms. The second-order valence-electron chi connectivity index (χ2n) is 7.44. The maximum Gasteiger partial charge on any atom is 0.222 e. The minimum absolute atomic E-state index is 0.0430. The standard InChI is InChI=1S/C25H20F2N2O2/c1-14-9-16(13-29-25(14)31-19-6-3-17(26)4-7-19)10-21-15(2)22(12-24(28)30)23-11-18(27)5-8-20(21)23/h3-11,13H,12H2,1-2H3,(H2,28,30)/b21-10-. The van der Waals surface area contributed by atoms with Crippen LogP contribution in [0.25, 0.3) is 17.2 Å². The first kappa shape index (κ1) is 20.5. The van der Waals surface area contributed by atoms with Crippen LogP contribution in [0, 0.1) is 18.6 Å². The fourth-order valence-electron chi connectivity index (χ4n) is 3.71. The zero-order valence-electron chi connectivity index (χ0n) is 17.1. The topological polar surface area (TPSA) is 65.2 Å². The lowest BCUT2D eigenvalue weighted by Crippen LogP contribution is -2.10. The number of benzene rings is 2. The highest BCUT2D eigenvalue weighted by molar-refractivity contribution is 6.08. The molecule has 1 heterocycles. The summed E-state index contributed by atoms with van der Waals surface area (Å²) in [5.41, 5.74) is 11.1. The molecule has 2 aromatic carbocycles. The van der Waals surface area contributed by atoms with E-state index in [2.05, 4.69) is 4.98 Å². The molecule has 0 bridgehead atoms.